The van der Waals surface area contributed by atoms with Crippen molar-refractivity contribution in [3.8, 4) is 0 Å². The average molecular weight is 397 g/mol. The first-order chi connectivity index (χ1) is 12.5. The molecule has 138 valence electrons. The summed E-state index contributed by atoms with van der Waals surface area (Å²) >= 11 is 12.4. The second-order valence-corrected chi connectivity index (χ2v) is 7.08. The third-order valence-corrected chi connectivity index (χ3v) is 5.25. The van der Waals surface area contributed by atoms with Gasteiger partial charge in [-0.2, -0.15) is 0 Å². The third-order valence-electron chi connectivity index (χ3n) is 4.45. The van der Waals surface area contributed by atoms with Crippen LogP contribution in [0.1, 0.15) is 16.1 Å². The molecule has 0 unspecified atom stereocenters. The van der Waals surface area contributed by atoms with Gasteiger partial charge >= 0.3 is 0 Å². The number of nitrogens with zero attached hydrogens (tertiary/aromatic N) is 1. The highest BCUT2D eigenvalue weighted by Crippen LogP contribution is 2.32. The minimum Gasteiger partial charge on any atom is -0.459 e. The highest BCUT2D eigenvalue weighted by atomic mass is 35.5. The van der Waals surface area contributed by atoms with Crippen molar-refractivity contribution in [1.82, 2.24) is 4.90 Å². The maximum absolute atomic E-state index is 12.4. The molecule has 2 amide bonds. The van der Waals surface area contributed by atoms with Crippen LogP contribution in [0.5, 0.6) is 0 Å². The zero-order valence-corrected chi connectivity index (χ0v) is 15.9. The molecule has 26 heavy (non-hydrogen) atoms. The Hall–Kier alpha value is -2.02. The average Bonchev–Trinajstić information content (AvgIpc) is 3.17. The molecule has 0 radical (unpaired) electrons. The Morgan fingerprint density at radius 1 is 1.23 bits per heavy atom. The van der Waals surface area contributed by atoms with Crippen molar-refractivity contribution < 1.29 is 18.9 Å². The maximum Gasteiger partial charge on any atom is 0.289 e. The van der Waals surface area contributed by atoms with Crippen molar-refractivity contribution in [2.24, 2.45) is 0 Å². The number of carbonyl (C=O) groups excluding carboxylic acids is 2. The second kappa shape index (κ2) is 8.12. The second-order valence-electron chi connectivity index (χ2n) is 6.30. The van der Waals surface area contributed by atoms with Crippen molar-refractivity contribution in [2.45, 2.75) is 6.92 Å². The molecule has 8 heteroatoms. The lowest BCUT2D eigenvalue weighted by atomic mass is 10.2. The first-order valence-electron chi connectivity index (χ1n) is 8.36. The van der Waals surface area contributed by atoms with Gasteiger partial charge in [0, 0.05) is 0 Å². The molecular weight excluding hydrogens is 377 g/mol. The van der Waals surface area contributed by atoms with Crippen LogP contribution in [0.4, 0.5) is 5.69 Å². The highest BCUT2D eigenvalue weighted by molar-refractivity contribution is 6.40. The zero-order valence-electron chi connectivity index (χ0n) is 14.4. The van der Waals surface area contributed by atoms with Crippen LogP contribution in [0.25, 0.3) is 0 Å². The lowest BCUT2D eigenvalue weighted by Crippen LogP contribution is -3.15. The van der Waals surface area contributed by atoms with E-state index in [4.69, 9.17) is 27.6 Å². The Labute approximate surface area is 161 Å². The van der Waals surface area contributed by atoms with Crippen molar-refractivity contribution in [3.63, 3.8) is 0 Å². The summed E-state index contributed by atoms with van der Waals surface area (Å²) in [5.74, 6) is 0.0759. The lowest BCUT2D eigenvalue weighted by molar-refractivity contribution is -0.895. The van der Waals surface area contributed by atoms with Gasteiger partial charge in [0.05, 0.1) is 48.2 Å². The summed E-state index contributed by atoms with van der Waals surface area (Å²) in [6.07, 6.45) is 1.49. The molecule has 0 atom stereocenters. The Kier molecular flexibility index (Phi) is 5.86. The summed E-state index contributed by atoms with van der Waals surface area (Å²) < 4.78 is 5.15. The SMILES string of the molecule is Cc1ccc(Cl)c(NC(=O)C[NH+]2CCN(C(=O)c3ccco3)CC2)c1Cl. The van der Waals surface area contributed by atoms with Gasteiger partial charge < -0.3 is 19.5 Å². The Bertz CT molecular complexity index is 800. The van der Waals surface area contributed by atoms with Gasteiger partial charge in [-0.25, -0.2) is 0 Å². The van der Waals surface area contributed by atoms with E-state index in [1.807, 2.05) is 6.92 Å². The number of aryl methyl sites for hydroxylation is 1. The maximum atomic E-state index is 12.4. The molecule has 6 nitrogen and oxygen atoms in total. The molecule has 2 N–H and O–H groups in total. The molecule has 2 heterocycles. The molecule has 3 rings (SSSR count). The smallest absolute Gasteiger partial charge is 0.289 e. The molecule has 0 bridgehead atoms. The number of halogens is 2. The van der Waals surface area contributed by atoms with Gasteiger partial charge in [0.15, 0.2) is 12.3 Å². The van der Waals surface area contributed by atoms with Crippen LogP contribution in [0, 0.1) is 6.92 Å². The van der Waals surface area contributed by atoms with Crippen LogP contribution >= 0.6 is 23.2 Å². The standard InChI is InChI=1S/C18H19Cl2N3O3/c1-12-4-5-13(19)17(16(12)20)21-15(24)11-22-6-8-23(9-7-22)18(25)14-3-2-10-26-14/h2-5,10H,6-9,11H2,1H3,(H,21,24)/p+1. The predicted octanol–water partition coefficient (Wildman–Crippen LogP) is 1.87. The van der Waals surface area contributed by atoms with Crippen LogP contribution in [-0.4, -0.2) is 49.4 Å². The molecule has 0 spiro atoms. The van der Waals surface area contributed by atoms with E-state index in [2.05, 4.69) is 5.32 Å². The first-order valence-corrected chi connectivity index (χ1v) is 9.12. The minimum absolute atomic E-state index is 0.114. The molecule has 1 aromatic carbocycles. The number of benzene rings is 1. The van der Waals surface area contributed by atoms with E-state index in [0.29, 0.717) is 54.2 Å². The van der Waals surface area contributed by atoms with Crippen molar-refractivity contribution in [3.05, 3.63) is 51.9 Å². The van der Waals surface area contributed by atoms with Crippen LogP contribution in [0.2, 0.25) is 10.0 Å². The summed E-state index contributed by atoms with van der Waals surface area (Å²) in [6.45, 7) is 4.69. The number of piperazine rings is 1. The van der Waals surface area contributed by atoms with E-state index in [1.54, 1.807) is 29.2 Å². The van der Waals surface area contributed by atoms with Crippen molar-refractivity contribution in [1.29, 1.82) is 0 Å². The monoisotopic (exact) mass is 396 g/mol. The van der Waals surface area contributed by atoms with Crippen LogP contribution < -0.4 is 10.2 Å². The predicted molar refractivity (Wildman–Crippen MR) is 100 cm³/mol. The number of nitrogens with one attached hydrogen (secondary N) is 2. The third kappa shape index (κ3) is 4.20. The Morgan fingerprint density at radius 3 is 2.62 bits per heavy atom. The number of quaternary nitrogens is 1. The highest BCUT2D eigenvalue weighted by Gasteiger charge is 2.27. The molecule has 0 aliphatic carbocycles. The van der Waals surface area contributed by atoms with Crippen LogP contribution in [0.3, 0.4) is 0 Å². The number of hydrogen-bond donors (Lipinski definition) is 2. The Balaban J connectivity index is 1.53. The van der Waals surface area contributed by atoms with Gasteiger partial charge in [0.1, 0.15) is 0 Å². The summed E-state index contributed by atoms with van der Waals surface area (Å²) in [7, 11) is 0. The van der Waals surface area contributed by atoms with E-state index in [9.17, 15) is 9.59 Å². The Morgan fingerprint density at radius 2 is 1.96 bits per heavy atom. The lowest BCUT2D eigenvalue weighted by Gasteiger charge is -2.31. The number of carbonyl (C=O) groups is 2. The van der Waals surface area contributed by atoms with Crippen LogP contribution in [-0.2, 0) is 4.79 Å². The van der Waals surface area contributed by atoms with E-state index >= 15 is 0 Å². The number of hydrogen-bond acceptors (Lipinski definition) is 3. The molecule has 0 saturated carbocycles. The molecular formula is C18H20Cl2N3O3+. The molecule has 1 aliphatic heterocycles. The molecule has 2 aromatic rings. The molecule has 1 aromatic heterocycles. The van der Waals surface area contributed by atoms with E-state index < -0.39 is 0 Å². The van der Waals surface area contributed by atoms with E-state index in [0.717, 1.165) is 10.5 Å². The number of furan rings is 1. The summed E-state index contributed by atoms with van der Waals surface area (Å²) in [5.41, 5.74) is 1.30. The fraction of sp³-hybridized carbons (Fsp3) is 0.333. The largest absolute Gasteiger partial charge is 0.459 e. The van der Waals surface area contributed by atoms with Gasteiger partial charge in [-0.05, 0) is 30.7 Å². The molecule has 1 saturated heterocycles. The number of anilines is 1. The number of rotatable bonds is 4. The summed E-state index contributed by atoms with van der Waals surface area (Å²) in [5, 5.41) is 3.67. The fourth-order valence-electron chi connectivity index (χ4n) is 2.94. The topological polar surface area (TPSA) is 67.0 Å². The molecule has 1 fully saturated rings. The zero-order chi connectivity index (χ0) is 18.7. The van der Waals surface area contributed by atoms with Gasteiger partial charge in [0.2, 0.25) is 0 Å². The molecule has 1 aliphatic rings. The quantitative estimate of drug-likeness (QED) is 0.828. The first kappa shape index (κ1) is 18.8. The van der Waals surface area contributed by atoms with Gasteiger partial charge in [-0.15, -0.1) is 0 Å². The van der Waals surface area contributed by atoms with E-state index in [-0.39, 0.29) is 11.8 Å². The summed E-state index contributed by atoms with van der Waals surface area (Å²) in [6, 6.07) is 6.87. The fourth-order valence-corrected chi connectivity index (χ4v) is 3.41. The van der Waals surface area contributed by atoms with Gasteiger partial charge in [0.25, 0.3) is 11.8 Å². The number of amides is 2. The van der Waals surface area contributed by atoms with Crippen molar-refractivity contribution >= 4 is 40.7 Å². The normalized spacial score (nSPS) is 15.1. The summed E-state index contributed by atoms with van der Waals surface area (Å²) in [4.78, 5) is 27.5. The van der Waals surface area contributed by atoms with Crippen molar-refractivity contribution in [2.75, 3.05) is 38.0 Å². The van der Waals surface area contributed by atoms with Crippen LogP contribution in [0.15, 0.2) is 34.9 Å². The minimum atomic E-state index is -0.153. The van der Waals surface area contributed by atoms with Gasteiger partial charge in [-0.3, -0.25) is 9.59 Å². The van der Waals surface area contributed by atoms with Gasteiger partial charge in [-0.1, -0.05) is 29.3 Å². The van der Waals surface area contributed by atoms with E-state index in [1.165, 1.54) is 6.26 Å².